The van der Waals surface area contributed by atoms with Gasteiger partial charge in [0, 0.05) is 28.9 Å². The fraction of sp³-hybridized carbons (Fsp3) is 0.444. The minimum Gasteiger partial charge on any atom is -0.477 e. The highest BCUT2D eigenvalue weighted by Gasteiger charge is 2.18. The lowest BCUT2D eigenvalue weighted by Gasteiger charge is -2.03. The van der Waals surface area contributed by atoms with Crippen molar-refractivity contribution in [2.45, 2.75) is 11.1 Å². The Kier molecular flexibility index (Phi) is 5.45. The number of sulfonamides is 1. The Bertz CT molecular complexity index is 548. The highest BCUT2D eigenvalue weighted by atomic mass is 32.2. The van der Waals surface area contributed by atoms with Gasteiger partial charge in [-0.1, -0.05) is 6.92 Å². The zero-order valence-electron chi connectivity index (χ0n) is 9.58. The van der Waals surface area contributed by atoms with E-state index >= 15 is 0 Å². The minimum atomic E-state index is -3.71. The topological polar surface area (TPSA) is 101 Å². The van der Waals surface area contributed by atoms with Crippen LogP contribution in [0.4, 0.5) is 0 Å². The summed E-state index contributed by atoms with van der Waals surface area (Å²) in [4.78, 5) is 10.6. The molecule has 102 valence electrons. The van der Waals surface area contributed by atoms with Crippen LogP contribution in [0, 0.1) is 0 Å². The molecule has 0 radical (unpaired) electrons. The van der Waals surface area contributed by atoms with Gasteiger partial charge in [-0.15, -0.1) is 11.3 Å². The molecule has 1 heterocycles. The summed E-state index contributed by atoms with van der Waals surface area (Å²) in [7, 11) is -4.74. The quantitative estimate of drug-likeness (QED) is 0.763. The maximum Gasteiger partial charge on any atom is 0.345 e. The van der Waals surface area contributed by atoms with Crippen LogP contribution >= 0.6 is 11.3 Å². The average Bonchev–Trinajstić information content (AvgIpc) is 2.78. The smallest absolute Gasteiger partial charge is 0.345 e. The first-order valence-corrected chi connectivity index (χ1v) is 8.83. The van der Waals surface area contributed by atoms with Gasteiger partial charge in [-0.25, -0.2) is 17.9 Å². The van der Waals surface area contributed by atoms with Crippen molar-refractivity contribution >= 4 is 38.1 Å². The molecule has 0 amide bonds. The Morgan fingerprint density at radius 2 is 2.17 bits per heavy atom. The second-order valence-electron chi connectivity index (χ2n) is 3.25. The molecule has 18 heavy (non-hydrogen) atoms. The molecule has 0 bridgehead atoms. The molecule has 6 nitrogen and oxygen atoms in total. The lowest BCUT2D eigenvalue weighted by atomic mass is 10.5. The first-order chi connectivity index (χ1) is 8.36. The van der Waals surface area contributed by atoms with Crippen molar-refractivity contribution in [1.29, 1.82) is 0 Å². The third-order valence-corrected chi connectivity index (χ3v) is 6.33. The van der Waals surface area contributed by atoms with Crippen LogP contribution in [0.15, 0.2) is 16.3 Å². The number of carboxylic acid groups (broad SMARTS) is 1. The van der Waals surface area contributed by atoms with Crippen LogP contribution in [0.25, 0.3) is 0 Å². The first-order valence-electron chi connectivity index (χ1n) is 5.04. The van der Waals surface area contributed by atoms with E-state index in [-0.39, 0.29) is 21.4 Å². The monoisotopic (exact) mass is 311 g/mol. The third-order valence-electron chi connectivity index (χ3n) is 2.00. The fourth-order valence-electron chi connectivity index (χ4n) is 1.08. The summed E-state index contributed by atoms with van der Waals surface area (Å²) >= 11 is 0.687. The standard InChI is InChI=1S/C9H13NO5S3/c1-2-17(13)6-5-10-18(14,15)8-4-3-7(16-8)9(11)12/h3-4,10H,2,5-6H2,1H3,(H,11,12). The van der Waals surface area contributed by atoms with Gasteiger partial charge in [0.2, 0.25) is 10.0 Å². The molecule has 0 fully saturated rings. The van der Waals surface area contributed by atoms with E-state index in [0.717, 1.165) is 0 Å². The van der Waals surface area contributed by atoms with E-state index in [2.05, 4.69) is 4.72 Å². The predicted octanol–water partition coefficient (Wildman–Crippen LogP) is 0.493. The predicted molar refractivity (Wildman–Crippen MR) is 70.0 cm³/mol. The molecule has 1 rings (SSSR count). The van der Waals surface area contributed by atoms with Crippen molar-refractivity contribution < 1.29 is 22.5 Å². The summed E-state index contributed by atoms with van der Waals surface area (Å²) in [5, 5.41) is 8.70. The largest absolute Gasteiger partial charge is 0.477 e. The van der Waals surface area contributed by atoms with Crippen LogP contribution in [-0.4, -0.2) is 41.8 Å². The minimum absolute atomic E-state index is 0.0347. The Morgan fingerprint density at radius 1 is 1.50 bits per heavy atom. The van der Waals surface area contributed by atoms with Crippen molar-refractivity contribution in [2.24, 2.45) is 0 Å². The fourth-order valence-corrected chi connectivity index (χ4v) is 4.05. The normalized spacial score (nSPS) is 13.4. The van der Waals surface area contributed by atoms with Crippen molar-refractivity contribution in [2.75, 3.05) is 18.1 Å². The van der Waals surface area contributed by atoms with E-state index in [1.165, 1.54) is 12.1 Å². The molecule has 0 spiro atoms. The zero-order chi connectivity index (χ0) is 13.8. The van der Waals surface area contributed by atoms with E-state index in [1.807, 2.05) is 0 Å². The molecular weight excluding hydrogens is 298 g/mol. The number of nitrogens with one attached hydrogen (secondary N) is 1. The van der Waals surface area contributed by atoms with Crippen LogP contribution in [0.3, 0.4) is 0 Å². The zero-order valence-corrected chi connectivity index (χ0v) is 12.0. The van der Waals surface area contributed by atoms with Crippen LogP contribution in [0.2, 0.25) is 0 Å². The lowest BCUT2D eigenvalue weighted by molar-refractivity contribution is 0.0702. The number of rotatable bonds is 7. The van der Waals surface area contributed by atoms with Gasteiger partial charge in [-0.2, -0.15) is 0 Å². The maximum atomic E-state index is 11.7. The summed E-state index contributed by atoms with van der Waals surface area (Å²) < 4.78 is 36.9. The van der Waals surface area contributed by atoms with Gasteiger partial charge >= 0.3 is 5.97 Å². The molecule has 0 aliphatic rings. The molecule has 0 aliphatic carbocycles. The molecule has 1 aromatic rings. The van der Waals surface area contributed by atoms with Gasteiger partial charge in [0.15, 0.2) is 0 Å². The Balaban J connectivity index is 2.68. The number of thiophene rings is 1. The first kappa shape index (κ1) is 15.3. The Labute approximate surface area is 112 Å². The van der Waals surface area contributed by atoms with E-state index in [4.69, 9.17) is 5.11 Å². The van der Waals surface area contributed by atoms with Crippen molar-refractivity contribution in [3.05, 3.63) is 17.0 Å². The van der Waals surface area contributed by atoms with Crippen molar-refractivity contribution in [1.82, 2.24) is 4.72 Å². The summed E-state index contributed by atoms with van der Waals surface area (Å²) in [6.07, 6.45) is 0. The van der Waals surface area contributed by atoms with Gasteiger partial charge in [0.1, 0.15) is 9.09 Å². The van der Waals surface area contributed by atoms with Gasteiger partial charge in [-0.05, 0) is 12.1 Å². The Hall–Kier alpha value is -0.770. The number of hydrogen-bond donors (Lipinski definition) is 2. The third kappa shape index (κ3) is 4.16. The molecule has 1 unspecified atom stereocenters. The van der Waals surface area contributed by atoms with Crippen LogP contribution in [0.1, 0.15) is 16.6 Å². The molecule has 9 heteroatoms. The molecule has 0 aliphatic heterocycles. The number of aromatic carboxylic acids is 1. The molecule has 2 N–H and O–H groups in total. The summed E-state index contributed by atoms with van der Waals surface area (Å²) in [6, 6.07) is 2.49. The Morgan fingerprint density at radius 3 is 2.67 bits per heavy atom. The van der Waals surface area contributed by atoms with E-state index in [1.54, 1.807) is 6.92 Å². The van der Waals surface area contributed by atoms with Crippen molar-refractivity contribution in [3.8, 4) is 0 Å². The SMILES string of the molecule is CCS(=O)CCNS(=O)(=O)c1ccc(C(=O)O)s1. The number of hydrogen-bond acceptors (Lipinski definition) is 5. The van der Waals surface area contributed by atoms with Crippen LogP contribution < -0.4 is 4.72 Å². The molecule has 0 saturated carbocycles. The van der Waals surface area contributed by atoms with E-state index in [0.29, 0.717) is 17.1 Å². The van der Waals surface area contributed by atoms with Crippen LogP contribution in [-0.2, 0) is 20.8 Å². The highest BCUT2D eigenvalue weighted by Crippen LogP contribution is 2.21. The van der Waals surface area contributed by atoms with Gasteiger partial charge in [0.05, 0.1) is 0 Å². The summed E-state index contributed by atoms with van der Waals surface area (Å²) in [5.41, 5.74) is 0. The van der Waals surface area contributed by atoms with Gasteiger partial charge in [-0.3, -0.25) is 4.21 Å². The number of carboxylic acids is 1. The average molecular weight is 311 g/mol. The lowest BCUT2D eigenvalue weighted by Crippen LogP contribution is -2.27. The molecule has 0 aromatic carbocycles. The molecular formula is C9H13NO5S3. The summed E-state index contributed by atoms with van der Waals surface area (Å²) in [6.45, 7) is 1.83. The molecule has 0 saturated heterocycles. The number of carbonyl (C=O) groups is 1. The highest BCUT2D eigenvalue weighted by molar-refractivity contribution is 7.91. The van der Waals surface area contributed by atoms with Crippen molar-refractivity contribution in [3.63, 3.8) is 0 Å². The maximum absolute atomic E-state index is 11.7. The molecule has 1 atom stereocenters. The van der Waals surface area contributed by atoms with E-state index in [9.17, 15) is 17.4 Å². The van der Waals surface area contributed by atoms with E-state index < -0.39 is 26.8 Å². The van der Waals surface area contributed by atoms with Gasteiger partial charge in [0.25, 0.3) is 0 Å². The molecule has 1 aromatic heterocycles. The second kappa shape index (κ2) is 6.41. The summed E-state index contributed by atoms with van der Waals surface area (Å²) in [5.74, 6) is -0.440. The second-order valence-corrected chi connectivity index (χ2v) is 8.20. The van der Waals surface area contributed by atoms with Crippen LogP contribution in [0.5, 0.6) is 0 Å². The van der Waals surface area contributed by atoms with Gasteiger partial charge < -0.3 is 5.11 Å².